The predicted molar refractivity (Wildman–Crippen MR) is 89.3 cm³/mol. The Morgan fingerprint density at radius 1 is 1.10 bits per heavy atom. The third-order valence-corrected chi connectivity index (χ3v) is 5.29. The summed E-state index contributed by atoms with van der Waals surface area (Å²) in [7, 11) is 0. The molecule has 5 heteroatoms. The molecule has 0 aromatic heterocycles. The summed E-state index contributed by atoms with van der Waals surface area (Å²) in [4.78, 5) is 0. The number of phenolic OH excluding ortho intramolecular Hbond substituents is 2. The number of nitrogens with two attached hydrogens (primary N) is 1. The van der Waals surface area contributed by atoms with Crippen LogP contribution < -0.4 is 5.73 Å². The van der Waals surface area contributed by atoms with Gasteiger partial charge in [-0.2, -0.15) is 0 Å². The van der Waals surface area contributed by atoms with Crippen molar-refractivity contribution in [2.24, 2.45) is 5.73 Å². The molecule has 4 N–H and O–H groups in total. The van der Waals surface area contributed by atoms with E-state index in [9.17, 15) is 10.2 Å². The van der Waals surface area contributed by atoms with Crippen LogP contribution in [0.4, 0.5) is 0 Å². The first-order chi connectivity index (χ1) is 9.70. The summed E-state index contributed by atoms with van der Waals surface area (Å²) in [6, 6.07) is 13.6. The lowest BCUT2D eigenvalue weighted by molar-refractivity contribution is 0.398. The van der Waals surface area contributed by atoms with E-state index >= 15 is 0 Å². The Bertz CT molecular complexity index is 621. The summed E-state index contributed by atoms with van der Waals surface area (Å²) >= 11 is 1.82. The van der Waals surface area contributed by atoms with Crippen LogP contribution in [0.15, 0.2) is 42.5 Å². The Morgan fingerprint density at radius 3 is 2.48 bits per heavy atom. The van der Waals surface area contributed by atoms with E-state index in [-0.39, 0.29) is 34.4 Å². The number of rotatable bonds is 2. The summed E-state index contributed by atoms with van der Waals surface area (Å²) in [5.41, 5.74) is 8.98. The second-order valence-corrected chi connectivity index (χ2v) is 6.38. The van der Waals surface area contributed by atoms with E-state index in [1.807, 2.05) is 36.0 Å². The second kappa shape index (κ2) is 6.60. The minimum absolute atomic E-state index is 0. The molecule has 3 rings (SSSR count). The number of phenols is 2. The number of benzene rings is 2. The Kier molecular flexibility index (Phi) is 5.04. The maximum absolute atomic E-state index is 10.1. The molecular formula is C16H18ClNO2S. The Balaban J connectivity index is 0.00000161. The van der Waals surface area contributed by atoms with Crippen LogP contribution in [0.5, 0.6) is 11.5 Å². The van der Waals surface area contributed by atoms with Gasteiger partial charge in [-0.25, -0.2) is 0 Å². The van der Waals surface area contributed by atoms with E-state index in [1.54, 1.807) is 6.07 Å². The summed E-state index contributed by atoms with van der Waals surface area (Å²) < 4.78 is 0. The van der Waals surface area contributed by atoms with Crippen LogP contribution in [0.1, 0.15) is 27.2 Å². The highest BCUT2D eigenvalue weighted by Gasteiger charge is 2.30. The standard InChI is InChI=1S/C16H17NO2S.ClH/c17-9-15-11-6-7-13(18)16(19)12(11)8-14(20-15)10-4-2-1-3-5-10;/h1-7,14-15,18-19H,8-9,17H2;1H. The van der Waals surface area contributed by atoms with Gasteiger partial charge in [-0.1, -0.05) is 36.4 Å². The van der Waals surface area contributed by atoms with Gasteiger partial charge >= 0.3 is 0 Å². The molecular weight excluding hydrogens is 306 g/mol. The average molecular weight is 324 g/mol. The summed E-state index contributed by atoms with van der Waals surface area (Å²) in [5, 5.41) is 20.2. The minimum atomic E-state index is -0.0572. The molecule has 2 unspecified atom stereocenters. The molecule has 0 radical (unpaired) electrons. The summed E-state index contributed by atoms with van der Waals surface area (Å²) in [6.07, 6.45) is 0.709. The lowest BCUT2D eigenvalue weighted by Gasteiger charge is -2.31. The van der Waals surface area contributed by atoms with Crippen LogP contribution in [0.2, 0.25) is 0 Å². The molecule has 1 aliphatic rings. The maximum atomic E-state index is 10.1. The van der Waals surface area contributed by atoms with Gasteiger partial charge in [-0.15, -0.1) is 24.2 Å². The van der Waals surface area contributed by atoms with Gasteiger partial charge in [0.05, 0.1) is 0 Å². The topological polar surface area (TPSA) is 66.5 Å². The highest BCUT2D eigenvalue weighted by molar-refractivity contribution is 7.99. The molecule has 2 aromatic rings. The SMILES string of the molecule is Cl.NCC1SC(c2ccccc2)Cc2c1ccc(O)c2O. The third kappa shape index (κ3) is 2.98. The van der Waals surface area contributed by atoms with Crippen molar-refractivity contribution in [3.05, 3.63) is 59.2 Å². The highest BCUT2D eigenvalue weighted by atomic mass is 35.5. The Labute approximate surface area is 134 Å². The zero-order valence-electron chi connectivity index (χ0n) is 11.4. The van der Waals surface area contributed by atoms with Crippen LogP contribution in [0, 0.1) is 0 Å². The number of hydrogen-bond acceptors (Lipinski definition) is 4. The Morgan fingerprint density at radius 2 is 1.81 bits per heavy atom. The van der Waals surface area contributed by atoms with Crippen molar-refractivity contribution in [1.82, 2.24) is 0 Å². The van der Waals surface area contributed by atoms with E-state index < -0.39 is 0 Å². The molecule has 0 fully saturated rings. The van der Waals surface area contributed by atoms with Gasteiger partial charge in [0.1, 0.15) is 0 Å². The number of hydrogen-bond donors (Lipinski definition) is 3. The number of aromatic hydroxyl groups is 2. The molecule has 0 bridgehead atoms. The van der Waals surface area contributed by atoms with E-state index in [0.29, 0.717) is 13.0 Å². The molecule has 3 nitrogen and oxygen atoms in total. The number of fused-ring (bicyclic) bond motifs is 1. The van der Waals surface area contributed by atoms with Crippen LogP contribution in [0.3, 0.4) is 0 Å². The van der Waals surface area contributed by atoms with Crippen molar-refractivity contribution in [2.45, 2.75) is 16.9 Å². The van der Waals surface area contributed by atoms with Gasteiger partial charge in [0.2, 0.25) is 0 Å². The fourth-order valence-corrected chi connectivity index (χ4v) is 4.16. The van der Waals surface area contributed by atoms with E-state index in [1.165, 1.54) is 5.56 Å². The molecule has 1 aliphatic heterocycles. The minimum Gasteiger partial charge on any atom is -0.504 e. The van der Waals surface area contributed by atoms with Gasteiger partial charge in [0, 0.05) is 22.6 Å². The van der Waals surface area contributed by atoms with Crippen molar-refractivity contribution >= 4 is 24.2 Å². The molecule has 0 spiro atoms. The first-order valence-electron chi connectivity index (χ1n) is 6.65. The van der Waals surface area contributed by atoms with Crippen molar-refractivity contribution < 1.29 is 10.2 Å². The van der Waals surface area contributed by atoms with Gasteiger partial charge in [0.25, 0.3) is 0 Å². The molecule has 21 heavy (non-hydrogen) atoms. The summed E-state index contributed by atoms with van der Waals surface area (Å²) in [6.45, 7) is 0.519. The Hall–Kier alpha value is -1.36. The van der Waals surface area contributed by atoms with Crippen LogP contribution in [-0.4, -0.2) is 16.8 Å². The quantitative estimate of drug-likeness (QED) is 0.739. The largest absolute Gasteiger partial charge is 0.504 e. The molecule has 0 saturated carbocycles. The van der Waals surface area contributed by atoms with E-state index in [4.69, 9.17) is 5.73 Å². The van der Waals surface area contributed by atoms with Crippen LogP contribution in [-0.2, 0) is 6.42 Å². The van der Waals surface area contributed by atoms with Crippen molar-refractivity contribution in [1.29, 1.82) is 0 Å². The highest BCUT2D eigenvalue weighted by Crippen LogP contribution is 2.51. The first-order valence-corrected chi connectivity index (χ1v) is 7.59. The normalized spacial score (nSPS) is 20.4. The molecule has 1 heterocycles. The molecule has 0 amide bonds. The zero-order valence-corrected chi connectivity index (χ0v) is 13.0. The summed E-state index contributed by atoms with van der Waals surface area (Å²) in [5.74, 6) is -0.0552. The van der Waals surface area contributed by atoms with Crippen molar-refractivity contribution in [2.75, 3.05) is 6.54 Å². The first kappa shape index (κ1) is 16.0. The number of halogens is 1. The van der Waals surface area contributed by atoms with Gasteiger partial charge < -0.3 is 15.9 Å². The predicted octanol–water partition coefficient (Wildman–Crippen LogP) is 3.55. The van der Waals surface area contributed by atoms with Crippen LogP contribution >= 0.6 is 24.2 Å². The molecule has 0 saturated heterocycles. The smallest absolute Gasteiger partial charge is 0.161 e. The van der Waals surface area contributed by atoms with Crippen molar-refractivity contribution in [3.63, 3.8) is 0 Å². The molecule has 112 valence electrons. The third-order valence-electron chi connectivity index (χ3n) is 3.75. The van der Waals surface area contributed by atoms with Gasteiger partial charge in [0.15, 0.2) is 11.5 Å². The lowest BCUT2D eigenvalue weighted by Crippen LogP contribution is -2.18. The molecule has 2 atom stereocenters. The maximum Gasteiger partial charge on any atom is 0.161 e. The van der Waals surface area contributed by atoms with E-state index in [2.05, 4.69) is 12.1 Å². The zero-order chi connectivity index (χ0) is 14.1. The fourth-order valence-electron chi connectivity index (χ4n) is 2.71. The van der Waals surface area contributed by atoms with Crippen molar-refractivity contribution in [3.8, 4) is 11.5 Å². The van der Waals surface area contributed by atoms with E-state index in [0.717, 1.165) is 11.1 Å². The van der Waals surface area contributed by atoms with Crippen LogP contribution in [0.25, 0.3) is 0 Å². The second-order valence-electron chi connectivity index (χ2n) is 4.96. The fraction of sp³-hybridized carbons (Fsp3) is 0.250. The molecule has 0 aliphatic carbocycles. The monoisotopic (exact) mass is 323 g/mol. The average Bonchev–Trinajstić information content (AvgIpc) is 2.51. The van der Waals surface area contributed by atoms with Gasteiger partial charge in [-0.3, -0.25) is 0 Å². The number of thioether (sulfide) groups is 1. The lowest BCUT2D eigenvalue weighted by atomic mass is 9.95. The molecule has 2 aromatic carbocycles. The van der Waals surface area contributed by atoms with Gasteiger partial charge in [-0.05, 0) is 23.6 Å².